The van der Waals surface area contributed by atoms with Crippen molar-refractivity contribution in [3.63, 3.8) is 0 Å². The number of aryl methyl sites for hydroxylation is 1. The third-order valence-corrected chi connectivity index (χ3v) is 7.98. The van der Waals surface area contributed by atoms with Gasteiger partial charge in [0.05, 0.1) is 23.8 Å². The smallest absolute Gasteiger partial charge is 0.416 e. The van der Waals surface area contributed by atoms with Gasteiger partial charge in [-0.3, -0.25) is 25.0 Å². The Balaban J connectivity index is 1.63. The number of nitrogens with one attached hydrogen (secondary N) is 3. The van der Waals surface area contributed by atoms with Crippen molar-refractivity contribution >= 4 is 46.1 Å². The molecular formula is C33H36N4O12S. The van der Waals surface area contributed by atoms with Crippen molar-refractivity contribution in [2.45, 2.75) is 50.1 Å². The van der Waals surface area contributed by atoms with Crippen LogP contribution in [0.4, 0.5) is 9.59 Å². The van der Waals surface area contributed by atoms with E-state index in [2.05, 4.69) is 20.3 Å². The molecule has 266 valence electrons. The van der Waals surface area contributed by atoms with Gasteiger partial charge in [0, 0.05) is 0 Å². The Hall–Kier alpha value is -5.81. The molecule has 0 bridgehead atoms. The van der Waals surface area contributed by atoms with E-state index in [-0.39, 0.29) is 17.7 Å². The molecule has 0 saturated heterocycles. The maximum atomic E-state index is 12.8. The molecule has 3 aromatic rings. The summed E-state index contributed by atoms with van der Waals surface area (Å²) in [6, 6.07) is 20.3. The van der Waals surface area contributed by atoms with Crippen LogP contribution in [0, 0.1) is 6.92 Å². The first-order chi connectivity index (χ1) is 23.8. The molecule has 4 N–H and O–H groups in total. The predicted octanol–water partition coefficient (Wildman–Crippen LogP) is 2.80. The summed E-state index contributed by atoms with van der Waals surface area (Å²) in [7, 11) is -4.25. The number of sulfonamides is 1. The van der Waals surface area contributed by atoms with Crippen molar-refractivity contribution in [3.05, 3.63) is 102 Å². The number of hydrogen-bond donors (Lipinski definition) is 4. The highest BCUT2D eigenvalue weighted by Gasteiger charge is 2.27. The average molecular weight is 713 g/mol. The molecule has 2 amide bonds. The van der Waals surface area contributed by atoms with Crippen LogP contribution in [0.1, 0.15) is 30.0 Å². The van der Waals surface area contributed by atoms with Gasteiger partial charge in [0.25, 0.3) is 0 Å². The molecule has 3 rings (SSSR count). The summed E-state index contributed by atoms with van der Waals surface area (Å²) < 4.78 is 47.2. The van der Waals surface area contributed by atoms with Crippen molar-refractivity contribution in [2.75, 3.05) is 13.6 Å². The van der Waals surface area contributed by atoms with E-state index in [0.717, 1.165) is 5.56 Å². The number of guanidine groups is 1. The summed E-state index contributed by atoms with van der Waals surface area (Å²) in [5.41, 5.74) is 2.13. The number of ether oxygens (including phenoxy) is 4. The van der Waals surface area contributed by atoms with Gasteiger partial charge >= 0.3 is 30.1 Å². The molecule has 2 atom stereocenters. The summed E-state index contributed by atoms with van der Waals surface area (Å²) in [4.78, 5) is 65.0. The first-order valence-electron chi connectivity index (χ1n) is 15.0. The van der Waals surface area contributed by atoms with Crippen molar-refractivity contribution in [1.29, 1.82) is 0 Å². The molecule has 0 aliphatic heterocycles. The third kappa shape index (κ3) is 14.1. The number of carbonyl (C=O) groups excluding carboxylic acids is 4. The number of rotatable bonds is 15. The van der Waals surface area contributed by atoms with Crippen LogP contribution in [0.2, 0.25) is 0 Å². The number of esters is 2. The van der Waals surface area contributed by atoms with Gasteiger partial charge in [-0.05, 0) is 43.5 Å². The fourth-order valence-corrected chi connectivity index (χ4v) is 5.27. The fraction of sp³-hybridized carbons (Fsp3) is 0.273. The number of hydrogen-bond acceptors (Lipinski definition) is 12. The minimum absolute atomic E-state index is 0.0855. The van der Waals surface area contributed by atoms with E-state index in [1.54, 1.807) is 79.7 Å². The first-order valence-corrected chi connectivity index (χ1v) is 16.5. The van der Waals surface area contributed by atoms with Crippen LogP contribution in [0.5, 0.6) is 0 Å². The lowest BCUT2D eigenvalue weighted by atomic mass is 10.1. The number of carbonyl (C=O) groups is 5. The summed E-state index contributed by atoms with van der Waals surface area (Å²) in [5.74, 6) is -3.51. The van der Waals surface area contributed by atoms with E-state index in [0.29, 0.717) is 11.1 Å². The molecule has 0 aliphatic carbocycles. The van der Waals surface area contributed by atoms with Crippen molar-refractivity contribution in [2.24, 2.45) is 4.99 Å². The van der Waals surface area contributed by atoms with Gasteiger partial charge in [0.1, 0.15) is 6.04 Å². The Labute approximate surface area is 287 Å². The lowest BCUT2D eigenvalue weighted by Gasteiger charge is -2.18. The SMILES string of the molecule is Cc1ccc(S(=O)(=O)N[C@@H](CC(C)N=C(NC(=O)OCOC(=O)Cc2ccccc2)NC(=O)OCOC(=O)Cc2ccccc2)C(=O)O)cc1. The average Bonchev–Trinajstić information content (AvgIpc) is 3.05. The molecule has 0 aliphatic rings. The van der Waals surface area contributed by atoms with Crippen LogP contribution in [-0.2, 0) is 56.2 Å². The second kappa shape index (κ2) is 19.3. The number of nitrogens with zero attached hydrogens (tertiary/aromatic N) is 1. The topological polar surface area (TPSA) is 225 Å². The number of amides is 2. The van der Waals surface area contributed by atoms with Crippen LogP contribution >= 0.6 is 0 Å². The van der Waals surface area contributed by atoms with E-state index < -0.39 is 78.2 Å². The Morgan fingerprint density at radius 2 is 1.18 bits per heavy atom. The van der Waals surface area contributed by atoms with Gasteiger partial charge in [-0.1, -0.05) is 78.4 Å². The van der Waals surface area contributed by atoms with Gasteiger partial charge in [-0.15, -0.1) is 0 Å². The second-order valence-corrected chi connectivity index (χ2v) is 12.3. The van der Waals surface area contributed by atoms with Crippen LogP contribution in [-0.4, -0.2) is 75.2 Å². The van der Waals surface area contributed by atoms with Gasteiger partial charge in [0.15, 0.2) is 0 Å². The number of carboxylic acids is 1. The molecular weight excluding hydrogens is 676 g/mol. The number of benzene rings is 3. The Morgan fingerprint density at radius 1 is 0.720 bits per heavy atom. The van der Waals surface area contributed by atoms with Crippen LogP contribution < -0.4 is 15.4 Å². The second-order valence-electron chi connectivity index (χ2n) is 10.6. The highest BCUT2D eigenvalue weighted by atomic mass is 32.2. The minimum atomic E-state index is -4.25. The fourth-order valence-electron chi connectivity index (χ4n) is 4.07. The maximum absolute atomic E-state index is 12.8. The lowest BCUT2D eigenvalue weighted by Crippen LogP contribution is -2.46. The first kappa shape index (κ1) is 38.6. The largest absolute Gasteiger partial charge is 0.480 e. The molecule has 17 heteroatoms. The van der Waals surface area contributed by atoms with Gasteiger partial charge in [-0.2, -0.15) is 4.72 Å². The molecule has 50 heavy (non-hydrogen) atoms. The van der Waals surface area contributed by atoms with Crippen LogP contribution in [0.15, 0.2) is 94.8 Å². The summed E-state index contributed by atoms with van der Waals surface area (Å²) in [6.45, 7) is 1.53. The highest BCUT2D eigenvalue weighted by Crippen LogP contribution is 2.13. The highest BCUT2D eigenvalue weighted by molar-refractivity contribution is 7.89. The molecule has 0 heterocycles. The lowest BCUT2D eigenvalue weighted by molar-refractivity contribution is -0.152. The van der Waals surface area contributed by atoms with Crippen molar-refractivity contribution in [3.8, 4) is 0 Å². The molecule has 3 aromatic carbocycles. The van der Waals surface area contributed by atoms with E-state index in [1.807, 2.05) is 0 Å². The van der Waals surface area contributed by atoms with E-state index in [9.17, 15) is 37.5 Å². The zero-order valence-electron chi connectivity index (χ0n) is 27.1. The normalized spacial score (nSPS) is 12.0. The number of alkyl carbamates (subject to hydrolysis) is 2. The Kier molecular flexibility index (Phi) is 14.9. The predicted molar refractivity (Wildman–Crippen MR) is 176 cm³/mol. The van der Waals surface area contributed by atoms with Crippen LogP contribution in [0.25, 0.3) is 0 Å². The zero-order chi connectivity index (χ0) is 36.5. The van der Waals surface area contributed by atoms with Crippen molar-refractivity contribution < 1.29 is 56.4 Å². The summed E-state index contributed by atoms with van der Waals surface area (Å²) in [5, 5.41) is 13.9. The van der Waals surface area contributed by atoms with E-state index in [1.165, 1.54) is 19.1 Å². The molecule has 0 spiro atoms. The molecule has 0 aromatic heterocycles. The zero-order valence-corrected chi connectivity index (χ0v) is 27.9. The maximum Gasteiger partial charge on any atom is 0.416 e. The monoisotopic (exact) mass is 712 g/mol. The Bertz CT molecular complexity index is 1680. The number of carboxylic acid groups (broad SMARTS) is 1. The molecule has 0 fully saturated rings. The summed E-state index contributed by atoms with van der Waals surface area (Å²) in [6.07, 6.45) is -3.10. The standard InChI is InChI=1S/C33H36N4O12S/c1-22-13-15-26(16-14-22)50(44,45)37-27(30(40)41)17-23(2)34-31(35-32(42)48-20-46-28(38)18-24-9-5-3-6-10-24)36-33(43)49-21-47-29(39)19-25-11-7-4-8-12-25/h3-16,23,27,37H,17-21H2,1-2H3,(H,40,41)(H2,34,35,36,42,43)/t23?,27-/m0/s1. The Morgan fingerprint density at radius 3 is 1.62 bits per heavy atom. The van der Waals surface area contributed by atoms with Gasteiger partial charge in [0.2, 0.25) is 29.6 Å². The molecule has 16 nitrogen and oxygen atoms in total. The number of aliphatic imine (C=N–C) groups is 1. The van der Waals surface area contributed by atoms with Crippen molar-refractivity contribution in [1.82, 2.24) is 15.4 Å². The van der Waals surface area contributed by atoms with Gasteiger partial charge < -0.3 is 24.1 Å². The van der Waals surface area contributed by atoms with Crippen LogP contribution in [0.3, 0.4) is 0 Å². The molecule has 0 radical (unpaired) electrons. The number of aliphatic carboxylic acids is 1. The quantitative estimate of drug-likeness (QED) is 0.0773. The van der Waals surface area contributed by atoms with E-state index >= 15 is 0 Å². The van der Waals surface area contributed by atoms with Gasteiger partial charge in [-0.25, -0.2) is 23.0 Å². The molecule has 0 saturated carbocycles. The molecule has 1 unspecified atom stereocenters. The summed E-state index contributed by atoms with van der Waals surface area (Å²) >= 11 is 0. The third-order valence-electron chi connectivity index (χ3n) is 6.50. The minimum Gasteiger partial charge on any atom is -0.480 e. The van der Waals surface area contributed by atoms with E-state index in [4.69, 9.17) is 18.9 Å².